The van der Waals surface area contributed by atoms with Crippen LogP contribution >= 0.6 is 0 Å². The van der Waals surface area contributed by atoms with Gasteiger partial charge in [0.25, 0.3) is 0 Å². The van der Waals surface area contributed by atoms with Crippen LogP contribution in [-0.4, -0.2) is 45.0 Å². The van der Waals surface area contributed by atoms with E-state index in [4.69, 9.17) is 9.47 Å². The molecular weight excluding hydrogens is 256 g/mol. The molecule has 5 nitrogen and oxygen atoms in total. The molecule has 114 valence electrons. The van der Waals surface area contributed by atoms with Crippen molar-refractivity contribution < 1.29 is 14.3 Å². The fraction of sp³-hybridized carbons (Fsp3) is 0.800. The molecule has 0 aromatic rings. The third-order valence-corrected chi connectivity index (χ3v) is 3.79. The van der Waals surface area contributed by atoms with E-state index >= 15 is 0 Å². The molecule has 2 N–H and O–H groups in total. The van der Waals surface area contributed by atoms with Crippen molar-refractivity contribution in [3.63, 3.8) is 0 Å². The third kappa shape index (κ3) is 5.92. The molecule has 1 aliphatic heterocycles. The normalized spacial score (nSPS) is 25.6. The van der Waals surface area contributed by atoms with Crippen molar-refractivity contribution in [2.24, 2.45) is 5.92 Å². The number of urea groups is 1. The Morgan fingerprint density at radius 3 is 3.00 bits per heavy atom. The minimum absolute atomic E-state index is 0.0970. The van der Waals surface area contributed by atoms with E-state index in [1.165, 1.54) is 6.42 Å². The molecule has 2 rings (SSSR count). The molecule has 0 aromatic heterocycles. The van der Waals surface area contributed by atoms with Crippen molar-refractivity contribution in [3.05, 3.63) is 12.2 Å². The van der Waals surface area contributed by atoms with E-state index in [2.05, 4.69) is 22.8 Å². The van der Waals surface area contributed by atoms with Gasteiger partial charge in [-0.25, -0.2) is 4.79 Å². The zero-order valence-corrected chi connectivity index (χ0v) is 12.1. The molecule has 0 radical (unpaired) electrons. The van der Waals surface area contributed by atoms with Crippen LogP contribution in [0.5, 0.6) is 0 Å². The van der Waals surface area contributed by atoms with Crippen molar-refractivity contribution in [1.82, 2.24) is 10.6 Å². The molecule has 0 aromatic carbocycles. The molecule has 1 fully saturated rings. The van der Waals surface area contributed by atoms with E-state index in [-0.39, 0.29) is 12.1 Å². The van der Waals surface area contributed by atoms with Crippen LogP contribution in [0.25, 0.3) is 0 Å². The molecule has 2 atom stereocenters. The van der Waals surface area contributed by atoms with E-state index in [1.54, 1.807) is 0 Å². The van der Waals surface area contributed by atoms with Crippen LogP contribution in [0.3, 0.4) is 0 Å². The standard InChI is InChI=1S/C15H26N2O3/c18-15(17-11-13-5-2-1-3-6-13)16-8-10-19-12-14-7-4-9-20-14/h1-2,13-14H,3-12H2,(H2,16,17,18)/t13-,14-/m1/s1. The van der Waals surface area contributed by atoms with Crippen molar-refractivity contribution >= 4 is 6.03 Å². The van der Waals surface area contributed by atoms with E-state index < -0.39 is 0 Å². The largest absolute Gasteiger partial charge is 0.377 e. The monoisotopic (exact) mass is 282 g/mol. The maximum atomic E-state index is 11.6. The average Bonchev–Trinajstić information content (AvgIpc) is 2.99. The Bertz CT molecular complexity index is 314. The summed E-state index contributed by atoms with van der Waals surface area (Å²) in [4.78, 5) is 11.6. The van der Waals surface area contributed by atoms with Gasteiger partial charge in [-0.05, 0) is 38.0 Å². The summed E-state index contributed by atoms with van der Waals surface area (Å²) in [5.41, 5.74) is 0. The van der Waals surface area contributed by atoms with Gasteiger partial charge in [0.2, 0.25) is 0 Å². The molecular formula is C15H26N2O3. The number of hydrogen-bond acceptors (Lipinski definition) is 3. The van der Waals surface area contributed by atoms with Crippen LogP contribution in [0.15, 0.2) is 12.2 Å². The Labute approximate surface area is 121 Å². The number of nitrogens with one attached hydrogen (secondary N) is 2. The Morgan fingerprint density at radius 1 is 1.30 bits per heavy atom. The van der Waals surface area contributed by atoms with E-state index in [9.17, 15) is 4.79 Å². The van der Waals surface area contributed by atoms with Gasteiger partial charge in [0, 0.05) is 19.7 Å². The lowest BCUT2D eigenvalue weighted by molar-refractivity contribution is 0.0188. The molecule has 1 saturated heterocycles. The van der Waals surface area contributed by atoms with Gasteiger partial charge < -0.3 is 20.1 Å². The van der Waals surface area contributed by atoms with Gasteiger partial charge in [0.15, 0.2) is 0 Å². The van der Waals surface area contributed by atoms with E-state index in [0.717, 1.165) is 38.8 Å². The lowest BCUT2D eigenvalue weighted by Crippen LogP contribution is -2.40. The third-order valence-electron chi connectivity index (χ3n) is 3.79. The minimum atomic E-state index is -0.0970. The lowest BCUT2D eigenvalue weighted by atomic mass is 9.94. The Kier molecular flexibility index (Phi) is 6.88. The van der Waals surface area contributed by atoms with E-state index in [0.29, 0.717) is 25.7 Å². The number of hydrogen-bond donors (Lipinski definition) is 2. The first-order valence-electron chi connectivity index (χ1n) is 7.70. The second-order valence-corrected chi connectivity index (χ2v) is 5.50. The van der Waals surface area contributed by atoms with Crippen molar-refractivity contribution in [2.75, 3.05) is 32.9 Å². The highest BCUT2D eigenvalue weighted by Gasteiger charge is 2.15. The first-order chi connectivity index (χ1) is 9.84. The molecule has 20 heavy (non-hydrogen) atoms. The van der Waals surface area contributed by atoms with Gasteiger partial charge in [0.05, 0.1) is 19.3 Å². The number of allylic oxidation sites excluding steroid dienone is 2. The second-order valence-electron chi connectivity index (χ2n) is 5.50. The van der Waals surface area contributed by atoms with Crippen LogP contribution in [0, 0.1) is 5.92 Å². The molecule has 0 saturated carbocycles. The van der Waals surface area contributed by atoms with Crippen LogP contribution in [0.4, 0.5) is 4.79 Å². The van der Waals surface area contributed by atoms with Crippen LogP contribution < -0.4 is 10.6 Å². The first kappa shape index (κ1) is 15.3. The summed E-state index contributed by atoms with van der Waals surface area (Å²) >= 11 is 0. The number of carbonyl (C=O) groups excluding carboxylic acids is 1. The SMILES string of the molecule is O=C(NCCOC[C@H]1CCCO1)NC[C@@H]1CC=CCC1. The predicted octanol–water partition coefficient (Wildman–Crippen LogP) is 1.84. The summed E-state index contributed by atoms with van der Waals surface area (Å²) in [6.07, 6.45) is 10.3. The molecule has 0 bridgehead atoms. The highest BCUT2D eigenvalue weighted by Crippen LogP contribution is 2.16. The average molecular weight is 282 g/mol. The topological polar surface area (TPSA) is 59.6 Å². The van der Waals surface area contributed by atoms with Crippen LogP contribution in [-0.2, 0) is 9.47 Å². The van der Waals surface area contributed by atoms with Gasteiger partial charge in [-0.3, -0.25) is 0 Å². The fourth-order valence-electron chi connectivity index (χ4n) is 2.57. The van der Waals surface area contributed by atoms with Crippen molar-refractivity contribution in [3.8, 4) is 0 Å². The molecule has 5 heteroatoms. The quantitative estimate of drug-likeness (QED) is 0.553. The summed E-state index contributed by atoms with van der Waals surface area (Å²) in [6.45, 7) is 3.33. The lowest BCUT2D eigenvalue weighted by Gasteiger charge is -2.18. The van der Waals surface area contributed by atoms with Gasteiger partial charge >= 0.3 is 6.03 Å². The summed E-state index contributed by atoms with van der Waals surface area (Å²) in [6, 6.07) is -0.0970. The highest BCUT2D eigenvalue weighted by atomic mass is 16.5. The summed E-state index contributed by atoms with van der Waals surface area (Å²) < 4.78 is 10.9. The van der Waals surface area contributed by atoms with Crippen LogP contribution in [0.1, 0.15) is 32.1 Å². The number of rotatable bonds is 7. The maximum absolute atomic E-state index is 11.6. The summed E-state index contributed by atoms with van der Waals surface area (Å²) in [7, 11) is 0. The van der Waals surface area contributed by atoms with Crippen molar-refractivity contribution in [1.29, 1.82) is 0 Å². The van der Waals surface area contributed by atoms with Crippen LogP contribution in [0.2, 0.25) is 0 Å². The molecule has 0 spiro atoms. The number of amides is 2. The first-order valence-corrected chi connectivity index (χ1v) is 7.70. The summed E-state index contributed by atoms with van der Waals surface area (Å²) in [5, 5.41) is 5.73. The predicted molar refractivity (Wildman–Crippen MR) is 77.7 cm³/mol. The Balaban J connectivity index is 1.42. The van der Waals surface area contributed by atoms with Gasteiger partial charge in [-0.2, -0.15) is 0 Å². The Morgan fingerprint density at radius 2 is 2.25 bits per heavy atom. The molecule has 2 aliphatic rings. The molecule has 1 aliphatic carbocycles. The van der Waals surface area contributed by atoms with E-state index in [1.807, 2.05) is 0 Å². The molecule has 1 heterocycles. The van der Waals surface area contributed by atoms with Crippen molar-refractivity contribution in [2.45, 2.75) is 38.2 Å². The minimum Gasteiger partial charge on any atom is -0.377 e. The van der Waals surface area contributed by atoms with Gasteiger partial charge in [0.1, 0.15) is 0 Å². The number of carbonyl (C=O) groups is 1. The second kappa shape index (κ2) is 8.97. The fourth-order valence-corrected chi connectivity index (χ4v) is 2.57. The highest BCUT2D eigenvalue weighted by molar-refractivity contribution is 5.73. The number of ether oxygens (including phenoxy) is 2. The molecule has 0 unspecified atom stereocenters. The van der Waals surface area contributed by atoms with Gasteiger partial charge in [-0.15, -0.1) is 0 Å². The zero-order chi connectivity index (χ0) is 14.0. The Hall–Kier alpha value is -1.07. The summed E-state index contributed by atoms with van der Waals surface area (Å²) in [5.74, 6) is 0.585. The smallest absolute Gasteiger partial charge is 0.314 e. The zero-order valence-electron chi connectivity index (χ0n) is 12.1. The molecule has 2 amide bonds. The maximum Gasteiger partial charge on any atom is 0.314 e. The van der Waals surface area contributed by atoms with Gasteiger partial charge in [-0.1, -0.05) is 12.2 Å².